The maximum Gasteiger partial charge on any atom is 0.120 e. The molecule has 6 nitrogen and oxygen atoms in total. The molecule has 1 saturated heterocycles. The van der Waals surface area contributed by atoms with Crippen molar-refractivity contribution in [1.82, 2.24) is 20.9 Å². The highest BCUT2D eigenvalue weighted by atomic mass is 15.4. The second kappa shape index (κ2) is 7.16. The zero-order chi connectivity index (χ0) is 11.9. The van der Waals surface area contributed by atoms with E-state index in [4.69, 9.17) is 11.5 Å². The zero-order valence-corrected chi connectivity index (χ0v) is 10.3. The molecule has 1 atom stereocenters. The fraction of sp³-hybridized carbons (Fsp3) is 1.00. The van der Waals surface area contributed by atoms with Crippen LogP contribution in [-0.4, -0.2) is 63.0 Å². The van der Waals surface area contributed by atoms with Gasteiger partial charge in [-0.2, -0.15) is 0 Å². The Morgan fingerprint density at radius 3 is 2.56 bits per heavy atom. The molecule has 1 unspecified atom stereocenters. The smallest absolute Gasteiger partial charge is 0.120 e. The van der Waals surface area contributed by atoms with Gasteiger partial charge in [0, 0.05) is 52.4 Å². The first-order valence-corrected chi connectivity index (χ1v) is 6.07. The molecule has 1 rings (SSSR count). The van der Waals surface area contributed by atoms with E-state index in [0.717, 1.165) is 45.8 Å². The number of piperazine rings is 1. The van der Waals surface area contributed by atoms with Gasteiger partial charge in [-0.3, -0.25) is 10.2 Å². The number of nitrogens with zero attached hydrogens (tertiary/aromatic N) is 1. The van der Waals surface area contributed by atoms with Crippen molar-refractivity contribution >= 4 is 0 Å². The van der Waals surface area contributed by atoms with E-state index in [2.05, 4.69) is 20.9 Å². The largest absolute Gasteiger partial charge is 0.329 e. The van der Waals surface area contributed by atoms with E-state index >= 15 is 0 Å². The van der Waals surface area contributed by atoms with Crippen molar-refractivity contribution in [2.24, 2.45) is 11.5 Å². The maximum atomic E-state index is 6.24. The fourth-order valence-corrected chi connectivity index (χ4v) is 1.87. The van der Waals surface area contributed by atoms with Crippen molar-refractivity contribution in [3.63, 3.8) is 0 Å². The summed E-state index contributed by atoms with van der Waals surface area (Å²) in [7, 11) is 0. The summed E-state index contributed by atoms with van der Waals surface area (Å²) in [5, 5.41) is 9.92. The highest BCUT2D eigenvalue weighted by Gasteiger charge is 2.27. The Bertz CT molecular complexity index is 178. The minimum atomic E-state index is -0.410. The Morgan fingerprint density at radius 1 is 1.25 bits per heavy atom. The summed E-state index contributed by atoms with van der Waals surface area (Å²) < 4.78 is 0. The average molecular weight is 230 g/mol. The minimum Gasteiger partial charge on any atom is -0.329 e. The summed E-state index contributed by atoms with van der Waals surface area (Å²) in [6.07, 6.45) is 0. The van der Waals surface area contributed by atoms with Gasteiger partial charge in [0.15, 0.2) is 0 Å². The van der Waals surface area contributed by atoms with E-state index in [1.165, 1.54) is 0 Å². The number of hydrogen-bond donors (Lipinski definition) is 5. The Hall–Kier alpha value is -0.240. The van der Waals surface area contributed by atoms with Crippen LogP contribution in [0.15, 0.2) is 0 Å². The molecular weight excluding hydrogens is 204 g/mol. The molecule has 0 saturated carbocycles. The predicted octanol–water partition coefficient (Wildman–Crippen LogP) is -2.34. The van der Waals surface area contributed by atoms with Gasteiger partial charge in [-0.05, 0) is 6.92 Å². The van der Waals surface area contributed by atoms with E-state index in [1.807, 2.05) is 6.92 Å². The van der Waals surface area contributed by atoms with Crippen LogP contribution in [0.2, 0.25) is 0 Å². The molecule has 0 aromatic rings. The molecule has 6 heteroatoms. The lowest BCUT2D eigenvalue weighted by Gasteiger charge is -2.41. The number of hydrogen-bond acceptors (Lipinski definition) is 6. The first-order chi connectivity index (χ1) is 7.67. The van der Waals surface area contributed by atoms with Gasteiger partial charge >= 0.3 is 0 Å². The highest BCUT2D eigenvalue weighted by Crippen LogP contribution is 2.04. The Kier molecular flexibility index (Phi) is 6.18. The summed E-state index contributed by atoms with van der Waals surface area (Å²) in [4.78, 5) is 2.27. The Morgan fingerprint density at radius 2 is 1.94 bits per heavy atom. The Labute approximate surface area is 98.1 Å². The number of nitrogens with two attached hydrogens (primary N) is 2. The molecular formula is C10H26N6. The third-order valence-corrected chi connectivity index (χ3v) is 2.88. The van der Waals surface area contributed by atoms with Crippen molar-refractivity contribution in [2.45, 2.75) is 12.7 Å². The first kappa shape index (κ1) is 13.8. The second-order valence-corrected chi connectivity index (χ2v) is 4.35. The molecule has 0 aliphatic carbocycles. The summed E-state index contributed by atoms with van der Waals surface area (Å²) in [5.74, 6) is -0.410. The van der Waals surface area contributed by atoms with Gasteiger partial charge in [0.2, 0.25) is 0 Å². The molecule has 0 amide bonds. The summed E-state index contributed by atoms with van der Waals surface area (Å²) in [6.45, 7) is 9.34. The predicted molar refractivity (Wildman–Crippen MR) is 67.0 cm³/mol. The van der Waals surface area contributed by atoms with Crippen LogP contribution in [0.1, 0.15) is 6.92 Å². The molecule has 96 valence electrons. The molecule has 0 spiro atoms. The van der Waals surface area contributed by atoms with Crippen LogP contribution in [0, 0.1) is 0 Å². The lowest BCUT2D eigenvalue weighted by Crippen LogP contribution is -2.67. The van der Waals surface area contributed by atoms with Gasteiger partial charge in [-0.25, -0.2) is 0 Å². The average Bonchev–Trinajstić information content (AvgIpc) is 2.30. The molecule has 16 heavy (non-hydrogen) atoms. The van der Waals surface area contributed by atoms with Gasteiger partial charge < -0.3 is 22.1 Å². The van der Waals surface area contributed by atoms with Crippen LogP contribution >= 0.6 is 0 Å². The van der Waals surface area contributed by atoms with Crippen LogP contribution in [0.25, 0.3) is 0 Å². The number of rotatable bonds is 7. The first-order valence-electron chi connectivity index (χ1n) is 6.07. The lowest BCUT2D eigenvalue weighted by atomic mass is 10.2. The molecule has 1 heterocycles. The summed E-state index contributed by atoms with van der Waals surface area (Å²) >= 11 is 0. The van der Waals surface area contributed by atoms with Gasteiger partial charge in [-0.1, -0.05) is 0 Å². The van der Waals surface area contributed by atoms with Crippen molar-refractivity contribution in [3.05, 3.63) is 0 Å². The van der Waals surface area contributed by atoms with Gasteiger partial charge in [0.25, 0.3) is 0 Å². The maximum absolute atomic E-state index is 6.24. The van der Waals surface area contributed by atoms with Crippen LogP contribution in [-0.2, 0) is 0 Å². The van der Waals surface area contributed by atoms with Crippen LogP contribution in [0.3, 0.4) is 0 Å². The van der Waals surface area contributed by atoms with E-state index in [1.54, 1.807) is 0 Å². The van der Waals surface area contributed by atoms with Crippen LogP contribution < -0.4 is 27.4 Å². The van der Waals surface area contributed by atoms with Crippen LogP contribution in [0.4, 0.5) is 0 Å². The molecule has 0 aromatic carbocycles. The Balaban J connectivity index is 2.16. The van der Waals surface area contributed by atoms with Gasteiger partial charge in [0.05, 0.1) is 0 Å². The summed E-state index contributed by atoms with van der Waals surface area (Å²) in [5.41, 5.74) is 11.6. The standard InChI is InChI=1S/C10H26N6/c1-10(12,15-5-4-13-3-2-11)16-8-6-14-7-9-16/h13-15H,2-9,11-12H2,1H3. The van der Waals surface area contributed by atoms with Crippen LogP contribution in [0.5, 0.6) is 0 Å². The fourth-order valence-electron chi connectivity index (χ4n) is 1.87. The van der Waals surface area contributed by atoms with Crippen molar-refractivity contribution in [2.75, 3.05) is 52.4 Å². The highest BCUT2D eigenvalue weighted by molar-refractivity contribution is 4.81. The quantitative estimate of drug-likeness (QED) is 0.249. The number of nitrogens with one attached hydrogen (secondary N) is 3. The molecule has 0 aromatic heterocycles. The monoisotopic (exact) mass is 230 g/mol. The van der Waals surface area contributed by atoms with Gasteiger partial charge in [-0.15, -0.1) is 0 Å². The lowest BCUT2D eigenvalue weighted by molar-refractivity contribution is 0.0636. The molecule has 1 aliphatic rings. The van der Waals surface area contributed by atoms with E-state index in [0.29, 0.717) is 6.54 Å². The molecule has 7 N–H and O–H groups in total. The normalized spacial score (nSPS) is 21.9. The third kappa shape index (κ3) is 4.73. The van der Waals surface area contributed by atoms with E-state index in [9.17, 15) is 0 Å². The van der Waals surface area contributed by atoms with Crippen molar-refractivity contribution < 1.29 is 0 Å². The van der Waals surface area contributed by atoms with Crippen molar-refractivity contribution in [1.29, 1.82) is 0 Å². The zero-order valence-electron chi connectivity index (χ0n) is 10.3. The van der Waals surface area contributed by atoms with E-state index in [-0.39, 0.29) is 0 Å². The van der Waals surface area contributed by atoms with E-state index < -0.39 is 5.79 Å². The minimum absolute atomic E-state index is 0.410. The topological polar surface area (TPSA) is 91.4 Å². The second-order valence-electron chi connectivity index (χ2n) is 4.35. The SMILES string of the molecule is CC(N)(NCCNCCN)N1CCNCC1. The summed E-state index contributed by atoms with van der Waals surface area (Å²) in [6, 6.07) is 0. The van der Waals surface area contributed by atoms with Crippen molar-refractivity contribution in [3.8, 4) is 0 Å². The molecule has 0 radical (unpaired) electrons. The molecule has 1 aliphatic heterocycles. The molecule has 1 fully saturated rings. The molecule has 0 bridgehead atoms. The van der Waals surface area contributed by atoms with Gasteiger partial charge in [0.1, 0.15) is 5.79 Å². The third-order valence-electron chi connectivity index (χ3n) is 2.88.